The Morgan fingerprint density at radius 3 is 2.35 bits per heavy atom. The summed E-state index contributed by atoms with van der Waals surface area (Å²) in [5, 5.41) is 0.956. The molecule has 1 aromatic rings. The van der Waals surface area contributed by atoms with Gasteiger partial charge in [-0.25, -0.2) is 0 Å². The normalized spacial score (nSPS) is 12.4. The Bertz CT molecular complexity index is 398. The molecule has 20 heavy (non-hydrogen) atoms. The summed E-state index contributed by atoms with van der Waals surface area (Å²) in [6, 6.07) is 8.32. The Hall–Kier alpha value is -0.830. The van der Waals surface area contributed by atoms with Crippen LogP contribution in [0, 0.1) is 5.92 Å². The minimum atomic E-state index is -0.188. The fourth-order valence-electron chi connectivity index (χ4n) is 2.04. The van der Waals surface area contributed by atoms with E-state index in [1.807, 2.05) is 19.1 Å². The highest BCUT2D eigenvalue weighted by Gasteiger charge is 2.16. The average Bonchev–Trinajstić information content (AvgIpc) is 2.43. The number of unbranched alkanes of at least 4 members (excludes halogenated alkanes) is 1. The number of ether oxygens (including phenoxy) is 1. The summed E-state index contributed by atoms with van der Waals surface area (Å²) >= 11 is 3.37. The zero-order valence-electron chi connectivity index (χ0n) is 12.7. The number of rotatable bonds is 8. The lowest BCUT2D eigenvalue weighted by atomic mass is 9.97. The van der Waals surface area contributed by atoms with Crippen molar-refractivity contribution in [2.24, 2.45) is 5.92 Å². The van der Waals surface area contributed by atoms with Gasteiger partial charge < -0.3 is 4.74 Å². The van der Waals surface area contributed by atoms with Gasteiger partial charge in [0.25, 0.3) is 0 Å². The lowest BCUT2D eigenvalue weighted by molar-refractivity contribution is -0.145. The molecule has 112 valence electrons. The summed E-state index contributed by atoms with van der Waals surface area (Å²) in [5.41, 5.74) is 2.35. The first-order valence-electron chi connectivity index (χ1n) is 7.36. The van der Waals surface area contributed by atoms with Gasteiger partial charge in [0.2, 0.25) is 0 Å². The van der Waals surface area contributed by atoms with E-state index < -0.39 is 0 Å². The van der Waals surface area contributed by atoms with Crippen LogP contribution in [0.3, 0.4) is 0 Å². The average molecular weight is 341 g/mol. The molecule has 0 heterocycles. The molecule has 1 rings (SSSR count). The first-order chi connectivity index (χ1) is 9.54. The van der Waals surface area contributed by atoms with Crippen molar-refractivity contribution >= 4 is 21.9 Å². The molecule has 0 radical (unpaired) electrons. The Labute approximate surface area is 131 Å². The Balaban J connectivity index is 2.49. The maximum atomic E-state index is 11.9. The summed E-state index contributed by atoms with van der Waals surface area (Å²) < 4.78 is 5.30. The summed E-state index contributed by atoms with van der Waals surface area (Å²) in [4.78, 5) is 11.9. The second-order valence-electron chi connectivity index (χ2n) is 5.62. The molecule has 0 N–H and O–H groups in total. The standard InChI is InChI=1S/C17H25BrO2/c1-13(2)12-15-6-8-16(9-7-15)14(3)17(19)20-11-5-4-10-18/h6-9,13-14H,4-5,10-12H2,1-3H3. The van der Waals surface area contributed by atoms with E-state index in [1.54, 1.807) is 0 Å². The molecule has 1 atom stereocenters. The van der Waals surface area contributed by atoms with E-state index in [4.69, 9.17) is 4.74 Å². The SMILES string of the molecule is CC(C)Cc1ccc(C(C)C(=O)OCCCCBr)cc1. The van der Waals surface area contributed by atoms with Gasteiger partial charge in [0.15, 0.2) is 0 Å². The molecule has 0 aliphatic heterocycles. The quantitative estimate of drug-likeness (QED) is 0.389. The van der Waals surface area contributed by atoms with E-state index >= 15 is 0 Å². The minimum absolute atomic E-state index is 0.129. The van der Waals surface area contributed by atoms with Gasteiger partial charge in [0.1, 0.15) is 0 Å². The Morgan fingerprint density at radius 1 is 1.15 bits per heavy atom. The molecule has 0 amide bonds. The predicted octanol–water partition coefficient (Wildman–Crippen LogP) is 4.71. The first kappa shape index (κ1) is 17.2. The Kier molecular flexibility index (Phi) is 7.90. The van der Waals surface area contributed by atoms with Crippen LogP contribution in [0.4, 0.5) is 0 Å². The molecule has 0 saturated heterocycles. The van der Waals surface area contributed by atoms with Gasteiger partial charge in [-0.15, -0.1) is 0 Å². The number of alkyl halides is 1. The fraction of sp³-hybridized carbons (Fsp3) is 0.588. The molecular formula is C17H25BrO2. The maximum absolute atomic E-state index is 11.9. The van der Waals surface area contributed by atoms with Crippen molar-refractivity contribution in [1.82, 2.24) is 0 Å². The molecule has 0 bridgehead atoms. The number of carbonyl (C=O) groups is 1. The summed E-state index contributed by atoms with van der Waals surface area (Å²) in [6.45, 7) is 6.84. The van der Waals surface area contributed by atoms with E-state index in [0.717, 1.165) is 30.2 Å². The van der Waals surface area contributed by atoms with Gasteiger partial charge in [0.05, 0.1) is 12.5 Å². The third-order valence-corrected chi connectivity index (χ3v) is 3.81. The third-order valence-electron chi connectivity index (χ3n) is 3.25. The number of hydrogen-bond acceptors (Lipinski definition) is 2. The minimum Gasteiger partial charge on any atom is -0.465 e. The molecule has 1 aromatic carbocycles. The molecule has 2 nitrogen and oxygen atoms in total. The zero-order chi connectivity index (χ0) is 15.0. The molecule has 0 aliphatic carbocycles. The fourth-order valence-corrected chi connectivity index (χ4v) is 2.44. The van der Waals surface area contributed by atoms with Crippen molar-refractivity contribution in [2.45, 2.75) is 46.0 Å². The van der Waals surface area contributed by atoms with Crippen LogP contribution in [0.2, 0.25) is 0 Å². The number of esters is 1. The lowest BCUT2D eigenvalue weighted by Gasteiger charge is -2.13. The van der Waals surface area contributed by atoms with E-state index in [0.29, 0.717) is 12.5 Å². The molecule has 1 unspecified atom stereocenters. The summed E-state index contributed by atoms with van der Waals surface area (Å²) in [5.74, 6) is 0.334. The maximum Gasteiger partial charge on any atom is 0.313 e. The number of carbonyl (C=O) groups excluding carboxylic acids is 1. The van der Waals surface area contributed by atoms with Crippen LogP contribution in [-0.2, 0) is 16.0 Å². The second-order valence-corrected chi connectivity index (χ2v) is 6.42. The molecule has 0 aliphatic rings. The van der Waals surface area contributed by atoms with Crippen LogP contribution in [0.15, 0.2) is 24.3 Å². The molecule has 0 aromatic heterocycles. The number of hydrogen-bond donors (Lipinski definition) is 0. The van der Waals surface area contributed by atoms with Crippen LogP contribution >= 0.6 is 15.9 Å². The highest BCUT2D eigenvalue weighted by atomic mass is 79.9. The molecule has 3 heteroatoms. The van der Waals surface area contributed by atoms with Crippen molar-refractivity contribution in [3.8, 4) is 0 Å². The van der Waals surface area contributed by atoms with E-state index in [9.17, 15) is 4.79 Å². The largest absolute Gasteiger partial charge is 0.465 e. The Morgan fingerprint density at radius 2 is 1.80 bits per heavy atom. The molecular weight excluding hydrogens is 316 g/mol. The van der Waals surface area contributed by atoms with E-state index in [2.05, 4.69) is 41.9 Å². The topological polar surface area (TPSA) is 26.3 Å². The van der Waals surface area contributed by atoms with Crippen LogP contribution in [0.5, 0.6) is 0 Å². The number of benzene rings is 1. The van der Waals surface area contributed by atoms with Crippen molar-refractivity contribution < 1.29 is 9.53 Å². The number of halogens is 1. The second kappa shape index (κ2) is 9.17. The first-order valence-corrected chi connectivity index (χ1v) is 8.48. The smallest absolute Gasteiger partial charge is 0.313 e. The zero-order valence-corrected chi connectivity index (χ0v) is 14.3. The van der Waals surface area contributed by atoms with Gasteiger partial charge in [-0.05, 0) is 43.2 Å². The monoisotopic (exact) mass is 340 g/mol. The summed E-state index contributed by atoms with van der Waals surface area (Å²) in [7, 11) is 0. The summed E-state index contributed by atoms with van der Waals surface area (Å²) in [6.07, 6.45) is 3.02. The van der Waals surface area contributed by atoms with Crippen LogP contribution in [0.25, 0.3) is 0 Å². The highest BCUT2D eigenvalue weighted by molar-refractivity contribution is 9.09. The molecule has 0 saturated carbocycles. The third kappa shape index (κ3) is 6.08. The van der Waals surface area contributed by atoms with Gasteiger partial charge >= 0.3 is 5.97 Å². The molecule has 0 spiro atoms. The van der Waals surface area contributed by atoms with Crippen molar-refractivity contribution in [1.29, 1.82) is 0 Å². The van der Waals surface area contributed by atoms with Gasteiger partial charge in [-0.2, -0.15) is 0 Å². The van der Waals surface area contributed by atoms with Gasteiger partial charge in [-0.1, -0.05) is 54.0 Å². The van der Waals surface area contributed by atoms with Crippen LogP contribution in [-0.4, -0.2) is 17.9 Å². The van der Waals surface area contributed by atoms with Crippen LogP contribution in [0.1, 0.15) is 50.7 Å². The van der Waals surface area contributed by atoms with Gasteiger partial charge in [-0.3, -0.25) is 4.79 Å². The highest BCUT2D eigenvalue weighted by Crippen LogP contribution is 2.19. The predicted molar refractivity (Wildman–Crippen MR) is 87.4 cm³/mol. The van der Waals surface area contributed by atoms with E-state index in [1.165, 1.54) is 5.56 Å². The van der Waals surface area contributed by atoms with Crippen molar-refractivity contribution in [3.63, 3.8) is 0 Å². The van der Waals surface area contributed by atoms with Crippen molar-refractivity contribution in [3.05, 3.63) is 35.4 Å². The lowest BCUT2D eigenvalue weighted by Crippen LogP contribution is -2.14. The van der Waals surface area contributed by atoms with Gasteiger partial charge in [0, 0.05) is 5.33 Å². The van der Waals surface area contributed by atoms with E-state index in [-0.39, 0.29) is 11.9 Å². The van der Waals surface area contributed by atoms with Crippen molar-refractivity contribution in [2.75, 3.05) is 11.9 Å². The van der Waals surface area contributed by atoms with Crippen LogP contribution < -0.4 is 0 Å². The molecule has 0 fully saturated rings.